The summed E-state index contributed by atoms with van der Waals surface area (Å²) in [4.78, 5) is 15.1. The number of hydrogen-bond donors (Lipinski definition) is 1. The number of pyridine rings is 1. The highest BCUT2D eigenvalue weighted by atomic mass is 16.4. The molecule has 96 valence electrons. The lowest BCUT2D eigenvalue weighted by Gasteiger charge is -2.53. The number of nitrogens with zero attached hydrogens (tertiary/aromatic N) is 1. The van der Waals surface area contributed by atoms with Crippen molar-refractivity contribution in [3.63, 3.8) is 0 Å². The number of aromatic nitrogens is 1. The predicted molar refractivity (Wildman–Crippen MR) is 68.3 cm³/mol. The van der Waals surface area contributed by atoms with E-state index in [0.717, 1.165) is 38.5 Å². The van der Waals surface area contributed by atoms with E-state index in [1.807, 2.05) is 12.4 Å². The molecule has 0 aromatic carbocycles. The minimum absolute atomic E-state index is 0.0978. The maximum absolute atomic E-state index is 11.0. The van der Waals surface area contributed by atoms with Gasteiger partial charge in [0, 0.05) is 12.4 Å². The molecule has 1 aromatic rings. The fourth-order valence-corrected chi connectivity index (χ4v) is 3.99. The smallest absolute Gasteiger partial charge is 0.303 e. The maximum atomic E-state index is 11.0. The topological polar surface area (TPSA) is 50.2 Å². The second-order valence-electron chi connectivity index (χ2n) is 6.09. The Kier molecular flexibility index (Phi) is 2.65. The number of carbonyl (C=O) groups is 1. The van der Waals surface area contributed by atoms with E-state index in [2.05, 4.69) is 17.1 Å². The highest BCUT2D eigenvalue weighted by Gasteiger charge is 2.49. The molecule has 0 amide bonds. The van der Waals surface area contributed by atoms with Gasteiger partial charge in [0.2, 0.25) is 0 Å². The molecule has 2 bridgehead atoms. The maximum Gasteiger partial charge on any atom is 0.303 e. The predicted octanol–water partition coefficient (Wildman–Crippen LogP) is 3.15. The quantitative estimate of drug-likeness (QED) is 0.890. The summed E-state index contributed by atoms with van der Waals surface area (Å²) in [7, 11) is 0. The van der Waals surface area contributed by atoms with E-state index in [-0.39, 0.29) is 5.41 Å². The average Bonchev–Trinajstić information content (AvgIpc) is 2.41. The van der Waals surface area contributed by atoms with Gasteiger partial charge in [0.25, 0.3) is 0 Å². The third kappa shape index (κ3) is 1.82. The summed E-state index contributed by atoms with van der Waals surface area (Å²) in [5, 5.41) is 9.05. The molecule has 3 heteroatoms. The standard InChI is InChI=1S/C15H19NO2/c17-13(18)11-14-3-6-15(7-4-14,8-5-14)12-1-9-16-10-2-12/h1-2,9-10H,3-8,11H2,(H,17,18). The van der Waals surface area contributed by atoms with Crippen molar-refractivity contribution in [1.29, 1.82) is 0 Å². The van der Waals surface area contributed by atoms with E-state index in [1.54, 1.807) is 0 Å². The van der Waals surface area contributed by atoms with Crippen molar-refractivity contribution in [1.82, 2.24) is 4.98 Å². The van der Waals surface area contributed by atoms with Crippen molar-refractivity contribution in [3.05, 3.63) is 30.1 Å². The van der Waals surface area contributed by atoms with Crippen molar-refractivity contribution in [2.24, 2.45) is 5.41 Å². The zero-order valence-corrected chi connectivity index (χ0v) is 10.6. The molecule has 1 aromatic heterocycles. The Balaban J connectivity index is 1.81. The third-order valence-corrected chi connectivity index (χ3v) is 5.22. The summed E-state index contributed by atoms with van der Waals surface area (Å²) in [5.41, 5.74) is 1.81. The number of fused-ring (bicyclic) bond motifs is 3. The van der Waals surface area contributed by atoms with Crippen LogP contribution < -0.4 is 0 Å². The summed E-state index contributed by atoms with van der Waals surface area (Å²) >= 11 is 0. The third-order valence-electron chi connectivity index (χ3n) is 5.22. The van der Waals surface area contributed by atoms with Crippen molar-refractivity contribution < 1.29 is 9.90 Å². The van der Waals surface area contributed by atoms with Gasteiger partial charge in [-0.1, -0.05) is 0 Å². The molecule has 3 aliphatic carbocycles. The van der Waals surface area contributed by atoms with Crippen LogP contribution in [0.5, 0.6) is 0 Å². The van der Waals surface area contributed by atoms with Crippen LogP contribution in [0.2, 0.25) is 0 Å². The van der Waals surface area contributed by atoms with Crippen molar-refractivity contribution in [2.45, 2.75) is 50.4 Å². The van der Waals surface area contributed by atoms with E-state index in [9.17, 15) is 4.79 Å². The van der Waals surface area contributed by atoms with E-state index >= 15 is 0 Å². The van der Waals surface area contributed by atoms with Crippen LogP contribution in [0, 0.1) is 5.41 Å². The lowest BCUT2D eigenvalue weighted by Crippen LogP contribution is -2.45. The van der Waals surface area contributed by atoms with Gasteiger partial charge in [-0.2, -0.15) is 0 Å². The molecule has 0 spiro atoms. The Labute approximate surface area is 107 Å². The summed E-state index contributed by atoms with van der Waals surface area (Å²) in [6, 6.07) is 4.27. The normalized spacial score (nSPS) is 34.4. The van der Waals surface area contributed by atoms with E-state index in [1.165, 1.54) is 5.56 Å². The van der Waals surface area contributed by atoms with E-state index in [0.29, 0.717) is 11.8 Å². The van der Waals surface area contributed by atoms with E-state index in [4.69, 9.17) is 5.11 Å². The van der Waals surface area contributed by atoms with Gasteiger partial charge in [0.1, 0.15) is 0 Å². The molecule has 0 saturated heterocycles. The molecular weight excluding hydrogens is 226 g/mol. The van der Waals surface area contributed by atoms with E-state index < -0.39 is 5.97 Å². The second kappa shape index (κ2) is 4.08. The highest BCUT2D eigenvalue weighted by molar-refractivity contribution is 5.67. The average molecular weight is 245 g/mol. The van der Waals surface area contributed by atoms with Crippen LogP contribution in [0.25, 0.3) is 0 Å². The zero-order valence-electron chi connectivity index (χ0n) is 10.6. The van der Waals surface area contributed by atoms with Crippen molar-refractivity contribution in [3.8, 4) is 0 Å². The van der Waals surface area contributed by atoms with Crippen LogP contribution in [0.3, 0.4) is 0 Å². The first-order chi connectivity index (χ1) is 8.64. The Morgan fingerprint density at radius 2 is 1.67 bits per heavy atom. The number of aliphatic carboxylic acids is 1. The van der Waals surface area contributed by atoms with Crippen molar-refractivity contribution in [2.75, 3.05) is 0 Å². The van der Waals surface area contributed by atoms with Gasteiger partial charge >= 0.3 is 5.97 Å². The van der Waals surface area contributed by atoms with Gasteiger partial charge in [-0.15, -0.1) is 0 Å². The summed E-state index contributed by atoms with van der Waals surface area (Å²) in [6.07, 6.45) is 10.7. The van der Waals surface area contributed by atoms with Crippen LogP contribution in [-0.4, -0.2) is 16.1 Å². The first-order valence-corrected chi connectivity index (χ1v) is 6.77. The second-order valence-corrected chi connectivity index (χ2v) is 6.09. The fourth-order valence-electron chi connectivity index (χ4n) is 3.99. The first-order valence-electron chi connectivity index (χ1n) is 6.77. The Bertz CT molecular complexity index is 430. The van der Waals surface area contributed by atoms with Crippen LogP contribution in [0.15, 0.2) is 24.5 Å². The van der Waals surface area contributed by atoms with Crippen LogP contribution in [-0.2, 0) is 10.2 Å². The van der Waals surface area contributed by atoms with Crippen LogP contribution >= 0.6 is 0 Å². The molecule has 0 atom stereocenters. The molecule has 1 N–H and O–H groups in total. The van der Waals surface area contributed by atoms with Crippen LogP contribution in [0.1, 0.15) is 50.5 Å². The molecule has 0 aliphatic heterocycles. The lowest BCUT2D eigenvalue weighted by atomic mass is 9.51. The molecule has 0 radical (unpaired) electrons. The lowest BCUT2D eigenvalue weighted by molar-refractivity contribution is -0.142. The molecule has 3 fully saturated rings. The number of hydrogen-bond acceptors (Lipinski definition) is 2. The molecule has 0 unspecified atom stereocenters. The van der Waals surface area contributed by atoms with Gasteiger partial charge in [-0.25, -0.2) is 0 Å². The molecule has 18 heavy (non-hydrogen) atoms. The molecule has 4 rings (SSSR count). The SMILES string of the molecule is O=C(O)CC12CCC(c3ccncc3)(CC1)CC2. The highest BCUT2D eigenvalue weighted by Crippen LogP contribution is 2.58. The molecule has 3 nitrogen and oxygen atoms in total. The Morgan fingerprint density at radius 1 is 1.11 bits per heavy atom. The Hall–Kier alpha value is -1.38. The first kappa shape index (κ1) is 11.7. The van der Waals surface area contributed by atoms with Crippen LogP contribution in [0.4, 0.5) is 0 Å². The monoisotopic (exact) mass is 245 g/mol. The number of rotatable bonds is 3. The minimum Gasteiger partial charge on any atom is -0.481 e. The zero-order chi connectivity index (χ0) is 12.6. The number of carboxylic acid groups (broad SMARTS) is 1. The molecular formula is C15H19NO2. The molecule has 3 saturated carbocycles. The van der Waals surface area contributed by atoms with Crippen molar-refractivity contribution >= 4 is 5.97 Å². The fraction of sp³-hybridized carbons (Fsp3) is 0.600. The van der Waals surface area contributed by atoms with Gasteiger partial charge in [-0.05, 0) is 67.1 Å². The molecule has 3 aliphatic rings. The molecule has 1 heterocycles. The van der Waals surface area contributed by atoms with Gasteiger partial charge in [-0.3, -0.25) is 9.78 Å². The Morgan fingerprint density at radius 3 is 2.17 bits per heavy atom. The summed E-state index contributed by atoms with van der Waals surface area (Å²) in [6.45, 7) is 0. The van der Waals surface area contributed by atoms with Gasteiger partial charge < -0.3 is 5.11 Å². The number of carboxylic acids is 1. The summed E-state index contributed by atoms with van der Waals surface area (Å²) in [5.74, 6) is -0.631. The largest absolute Gasteiger partial charge is 0.481 e. The van der Waals surface area contributed by atoms with Gasteiger partial charge in [0.05, 0.1) is 6.42 Å². The minimum atomic E-state index is -0.631. The van der Waals surface area contributed by atoms with Gasteiger partial charge in [0.15, 0.2) is 0 Å². The summed E-state index contributed by atoms with van der Waals surface area (Å²) < 4.78 is 0.